The van der Waals surface area contributed by atoms with E-state index in [-0.39, 0.29) is 0 Å². The number of benzene rings is 1. The Morgan fingerprint density at radius 2 is 2.29 bits per heavy atom. The molecule has 0 N–H and O–H groups in total. The van der Waals surface area contributed by atoms with Gasteiger partial charge in [-0.1, -0.05) is 6.92 Å². The van der Waals surface area contributed by atoms with Crippen LogP contribution >= 0.6 is 33.9 Å². The summed E-state index contributed by atoms with van der Waals surface area (Å²) in [7, 11) is 1.75. The molecule has 0 saturated heterocycles. The summed E-state index contributed by atoms with van der Waals surface area (Å²) < 4.78 is 8.01. The largest absolute Gasteiger partial charge is 0.495 e. The Morgan fingerprint density at radius 3 is 2.93 bits per heavy atom. The quantitative estimate of drug-likeness (QED) is 0.758. The molecule has 2 rings (SSSR count). The fraction of sp³-hybridized carbons (Fsp3) is 0.273. The Kier molecular flexibility index (Phi) is 2.97. The summed E-state index contributed by atoms with van der Waals surface area (Å²) in [5.41, 5.74) is 1.34. The number of ether oxygens (including phenoxy) is 1. The lowest BCUT2D eigenvalue weighted by atomic mass is 10.1. The van der Waals surface area contributed by atoms with E-state index in [2.05, 4.69) is 47.0 Å². The average molecular weight is 318 g/mol. The molecule has 0 unspecified atom stereocenters. The second kappa shape index (κ2) is 4.06. The number of methoxy groups -OCH3 is 1. The number of thiophene rings is 1. The topological polar surface area (TPSA) is 9.23 Å². The van der Waals surface area contributed by atoms with E-state index in [4.69, 9.17) is 4.74 Å². The van der Waals surface area contributed by atoms with Crippen LogP contribution in [0.4, 0.5) is 0 Å². The van der Waals surface area contributed by atoms with Crippen LogP contribution in [-0.2, 0) is 6.42 Å². The first-order valence-corrected chi connectivity index (χ1v) is 6.46. The van der Waals surface area contributed by atoms with Gasteiger partial charge in [0.25, 0.3) is 0 Å². The van der Waals surface area contributed by atoms with Gasteiger partial charge in [0, 0.05) is 10.3 Å². The molecule has 0 aliphatic carbocycles. The Morgan fingerprint density at radius 1 is 1.50 bits per heavy atom. The highest BCUT2D eigenvalue weighted by Crippen LogP contribution is 2.36. The van der Waals surface area contributed by atoms with E-state index in [9.17, 15) is 0 Å². The molecule has 1 nitrogen and oxygen atoms in total. The van der Waals surface area contributed by atoms with Crippen LogP contribution in [0.25, 0.3) is 10.1 Å². The van der Waals surface area contributed by atoms with Crippen molar-refractivity contribution in [3.05, 3.63) is 26.6 Å². The fourth-order valence-electron chi connectivity index (χ4n) is 1.67. The van der Waals surface area contributed by atoms with E-state index in [1.807, 2.05) is 0 Å². The molecule has 0 atom stereocenters. The van der Waals surface area contributed by atoms with Gasteiger partial charge in [-0.05, 0) is 51.9 Å². The Hall–Kier alpha value is -0.290. The van der Waals surface area contributed by atoms with Gasteiger partial charge in [-0.2, -0.15) is 0 Å². The van der Waals surface area contributed by atoms with Crippen LogP contribution in [0.5, 0.6) is 5.75 Å². The Bertz CT molecular complexity index is 462. The normalized spacial score (nSPS) is 10.8. The molecule has 0 saturated carbocycles. The van der Waals surface area contributed by atoms with Crippen LogP contribution in [0.2, 0.25) is 0 Å². The van der Waals surface area contributed by atoms with Gasteiger partial charge in [-0.25, -0.2) is 0 Å². The van der Waals surface area contributed by atoms with Crippen molar-refractivity contribution in [2.75, 3.05) is 7.11 Å². The predicted molar refractivity (Wildman–Crippen MR) is 70.5 cm³/mol. The molecular formula is C11H11IOS. The minimum Gasteiger partial charge on any atom is -0.495 e. The number of aryl methyl sites for hydroxylation is 1. The van der Waals surface area contributed by atoms with E-state index in [0.29, 0.717) is 0 Å². The molecular weight excluding hydrogens is 307 g/mol. The molecule has 0 fully saturated rings. The van der Waals surface area contributed by atoms with Crippen molar-refractivity contribution in [1.82, 2.24) is 0 Å². The lowest BCUT2D eigenvalue weighted by molar-refractivity contribution is 0.408. The first kappa shape index (κ1) is 10.2. The maximum absolute atomic E-state index is 5.44. The third-order valence-electron chi connectivity index (χ3n) is 2.30. The average Bonchev–Trinajstić information content (AvgIpc) is 2.62. The van der Waals surface area contributed by atoms with Crippen molar-refractivity contribution in [2.45, 2.75) is 13.3 Å². The monoisotopic (exact) mass is 318 g/mol. The van der Waals surface area contributed by atoms with Crippen LogP contribution in [0.1, 0.15) is 12.5 Å². The molecule has 1 heterocycles. The van der Waals surface area contributed by atoms with E-state index in [1.54, 1.807) is 18.4 Å². The van der Waals surface area contributed by atoms with Crippen LogP contribution in [0.3, 0.4) is 0 Å². The molecule has 0 radical (unpaired) electrons. The predicted octanol–water partition coefficient (Wildman–Crippen LogP) is 4.08. The number of hydrogen-bond donors (Lipinski definition) is 0. The van der Waals surface area contributed by atoms with E-state index < -0.39 is 0 Å². The number of fused-ring (bicyclic) bond motifs is 1. The minimum atomic E-state index is 1.02. The van der Waals surface area contributed by atoms with E-state index in [1.165, 1.54) is 19.2 Å². The molecule has 0 aliphatic heterocycles. The van der Waals surface area contributed by atoms with Crippen molar-refractivity contribution < 1.29 is 4.74 Å². The van der Waals surface area contributed by atoms with Crippen molar-refractivity contribution >= 4 is 44.0 Å². The zero-order chi connectivity index (χ0) is 10.1. The second-order valence-corrected chi connectivity index (χ2v) is 5.14. The maximum atomic E-state index is 5.44. The van der Waals surface area contributed by atoms with Crippen LogP contribution in [-0.4, -0.2) is 7.11 Å². The summed E-state index contributed by atoms with van der Waals surface area (Å²) in [4.78, 5) is 0. The molecule has 1 aromatic heterocycles. The van der Waals surface area contributed by atoms with Crippen LogP contribution < -0.4 is 4.74 Å². The van der Waals surface area contributed by atoms with Crippen molar-refractivity contribution in [2.24, 2.45) is 0 Å². The van der Waals surface area contributed by atoms with Gasteiger partial charge in [-0.15, -0.1) is 11.3 Å². The standard InChI is InChI=1S/C11H11IOS/c1-3-8-10(13-2)9(12)6-7-4-5-14-11(7)8/h4-6H,3H2,1-2H3. The second-order valence-electron chi connectivity index (χ2n) is 3.06. The molecule has 1 aromatic carbocycles. The summed E-state index contributed by atoms with van der Waals surface area (Å²) >= 11 is 4.13. The van der Waals surface area contributed by atoms with Crippen molar-refractivity contribution in [3.8, 4) is 5.75 Å². The molecule has 74 valence electrons. The fourth-order valence-corrected chi connectivity index (χ4v) is 3.54. The molecule has 0 bridgehead atoms. The van der Waals surface area contributed by atoms with Gasteiger partial charge < -0.3 is 4.74 Å². The van der Waals surface area contributed by atoms with Gasteiger partial charge in [0.15, 0.2) is 0 Å². The van der Waals surface area contributed by atoms with Gasteiger partial charge in [0.2, 0.25) is 0 Å². The van der Waals surface area contributed by atoms with Crippen LogP contribution in [0.15, 0.2) is 17.5 Å². The lowest BCUT2D eigenvalue weighted by Crippen LogP contribution is -1.93. The molecule has 3 heteroatoms. The van der Waals surface area contributed by atoms with Gasteiger partial charge in [-0.3, -0.25) is 0 Å². The lowest BCUT2D eigenvalue weighted by Gasteiger charge is -2.10. The maximum Gasteiger partial charge on any atom is 0.136 e. The SMILES string of the molecule is CCc1c(OC)c(I)cc2ccsc12. The molecule has 2 aromatic rings. The van der Waals surface area contributed by atoms with Gasteiger partial charge in [0.1, 0.15) is 5.75 Å². The van der Waals surface area contributed by atoms with Crippen LogP contribution in [0, 0.1) is 3.57 Å². The van der Waals surface area contributed by atoms with Gasteiger partial charge >= 0.3 is 0 Å². The highest BCUT2D eigenvalue weighted by Gasteiger charge is 2.11. The van der Waals surface area contributed by atoms with Crippen molar-refractivity contribution in [3.63, 3.8) is 0 Å². The van der Waals surface area contributed by atoms with Gasteiger partial charge in [0.05, 0.1) is 10.7 Å². The Labute approximate surface area is 101 Å². The Balaban J connectivity index is 2.82. The third-order valence-corrected chi connectivity index (χ3v) is 4.09. The number of hydrogen-bond acceptors (Lipinski definition) is 2. The first-order valence-electron chi connectivity index (χ1n) is 4.50. The summed E-state index contributed by atoms with van der Waals surface area (Å²) in [6.45, 7) is 2.17. The molecule has 0 aliphatic rings. The summed E-state index contributed by atoms with van der Waals surface area (Å²) in [5.74, 6) is 1.04. The molecule has 14 heavy (non-hydrogen) atoms. The van der Waals surface area contributed by atoms with Crippen molar-refractivity contribution in [1.29, 1.82) is 0 Å². The third kappa shape index (κ3) is 1.52. The highest BCUT2D eigenvalue weighted by atomic mass is 127. The highest BCUT2D eigenvalue weighted by molar-refractivity contribution is 14.1. The first-order chi connectivity index (χ1) is 6.77. The molecule has 0 amide bonds. The number of rotatable bonds is 2. The van der Waals surface area contributed by atoms with E-state index >= 15 is 0 Å². The summed E-state index contributed by atoms with van der Waals surface area (Å²) in [6, 6.07) is 4.35. The zero-order valence-electron chi connectivity index (χ0n) is 8.13. The summed E-state index contributed by atoms with van der Waals surface area (Å²) in [6.07, 6.45) is 1.02. The smallest absolute Gasteiger partial charge is 0.136 e. The molecule has 0 spiro atoms. The summed E-state index contributed by atoms with van der Waals surface area (Å²) in [5, 5.41) is 3.47. The minimum absolute atomic E-state index is 1.02. The zero-order valence-corrected chi connectivity index (χ0v) is 11.1. The van der Waals surface area contributed by atoms with E-state index in [0.717, 1.165) is 12.2 Å². The number of halogens is 1.